The fourth-order valence-electron chi connectivity index (χ4n) is 1.81. The van der Waals surface area contributed by atoms with E-state index in [4.69, 9.17) is 10.0 Å². The van der Waals surface area contributed by atoms with E-state index in [2.05, 4.69) is 5.32 Å². The minimum Gasteiger partial charge on any atom is -0.423 e. The maximum atomic E-state index is 13.4. The predicted octanol–water partition coefficient (Wildman–Crippen LogP) is 0.575. The van der Waals surface area contributed by atoms with Gasteiger partial charge in [-0.2, -0.15) is 0 Å². The molecule has 0 unspecified atom stereocenters. The van der Waals surface area contributed by atoms with Gasteiger partial charge in [0, 0.05) is 6.54 Å². The maximum Gasteiger partial charge on any atom is 0.488 e. The zero-order valence-electron chi connectivity index (χ0n) is 10.9. The predicted molar refractivity (Wildman–Crippen MR) is 73.8 cm³/mol. The van der Waals surface area contributed by atoms with Gasteiger partial charge in [0.1, 0.15) is 11.6 Å². The number of carbonyl (C=O) groups is 1. The van der Waals surface area contributed by atoms with Gasteiger partial charge in [0.25, 0.3) is 5.91 Å². The molecule has 0 saturated carbocycles. The van der Waals surface area contributed by atoms with E-state index in [9.17, 15) is 13.6 Å². The summed E-state index contributed by atoms with van der Waals surface area (Å²) in [6.45, 7) is 0.0509. The normalized spacial score (nSPS) is 10.3. The highest BCUT2D eigenvalue weighted by Gasteiger charge is 2.14. The Labute approximate surface area is 120 Å². The molecule has 2 rings (SSSR count). The van der Waals surface area contributed by atoms with E-state index >= 15 is 0 Å². The average molecular weight is 291 g/mol. The quantitative estimate of drug-likeness (QED) is 0.722. The molecule has 2 aromatic carbocycles. The summed E-state index contributed by atoms with van der Waals surface area (Å²) in [5.74, 6) is -2.26. The van der Waals surface area contributed by atoms with Crippen LogP contribution in [0, 0.1) is 11.6 Å². The molecule has 0 aliphatic carbocycles. The van der Waals surface area contributed by atoms with Crippen LogP contribution < -0.4 is 10.8 Å². The average Bonchev–Trinajstić information content (AvgIpc) is 2.47. The summed E-state index contributed by atoms with van der Waals surface area (Å²) in [5.41, 5.74) is 0.498. The summed E-state index contributed by atoms with van der Waals surface area (Å²) < 4.78 is 26.4. The molecule has 0 aromatic heterocycles. The minimum atomic E-state index is -1.61. The Morgan fingerprint density at radius 3 is 2.62 bits per heavy atom. The molecule has 0 radical (unpaired) electrons. The number of amides is 1. The Morgan fingerprint density at radius 2 is 1.90 bits per heavy atom. The number of nitrogens with one attached hydrogen (secondary N) is 1. The van der Waals surface area contributed by atoms with E-state index in [-0.39, 0.29) is 17.6 Å². The molecule has 0 saturated heterocycles. The van der Waals surface area contributed by atoms with Gasteiger partial charge in [0.15, 0.2) is 0 Å². The van der Waals surface area contributed by atoms with Crippen molar-refractivity contribution in [2.75, 3.05) is 0 Å². The first kappa shape index (κ1) is 15.1. The van der Waals surface area contributed by atoms with Crippen LogP contribution in [0.2, 0.25) is 0 Å². The number of benzene rings is 2. The molecule has 0 fully saturated rings. The minimum absolute atomic E-state index is 0.0509. The molecule has 0 aliphatic rings. The summed E-state index contributed by atoms with van der Waals surface area (Å²) >= 11 is 0. The van der Waals surface area contributed by atoms with Crippen molar-refractivity contribution >= 4 is 18.5 Å². The van der Waals surface area contributed by atoms with Crippen molar-refractivity contribution in [3.8, 4) is 0 Å². The number of hydrogen-bond donors (Lipinski definition) is 3. The Morgan fingerprint density at radius 1 is 1.14 bits per heavy atom. The molecule has 0 heterocycles. The van der Waals surface area contributed by atoms with Crippen molar-refractivity contribution < 1.29 is 23.6 Å². The summed E-state index contributed by atoms with van der Waals surface area (Å²) in [6, 6.07) is 8.89. The van der Waals surface area contributed by atoms with E-state index in [1.165, 1.54) is 12.1 Å². The Kier molecular flexibility index (Phi) is 4.67. The van der Waals surface area contributed by atoms with Gasteiger partial charge in [-0.3, -0.25) is 4.79 Å². The third kappa shape index (κ3) is 3.87. The zero-order chi connectivity index (χ0) is 15.4. The first-order valence-electron chi connectivity index (χ1n) is 6.15. The second-order valence-electron chi connectivity index (χ2n) is 4.43. The highest BCUT2D eigenvalue weighted by Crippen LogP contribution is 2.09. The summed E-state index contributed by atoms with van der Waals surface area (Å²) in [5, 5.41) is 20.5. The van der Waals surface area contributed by atoms with Gasteiger partial charge in [0.05, 0.1) is 5.56 Å². The molecule has 7 heteroatoms. The van der Waals surface area contributed by atoms with Crippen LogP contribution in [-0.2, 0) is 6.54 Å². The molecule has 0 spiro atoms. The number of rotatable bonds is 4. The summed E-state index contributed by atoms with van der Waals surface area (Å²) in [6.07, 6.45) is 0. The lowest BCUT2D eigenvalue weighted by atomic mass is 9.79. The molecule has 3 N–H and O–H groups in total. The number of halogens is 2. The largest absolute Gasteiger partial charge is 0.488 e. The molecule has 108 valence electrons. The standard InChI is InChI=1S/C14H12BF2NO3/c16-11-4-5-13(17)12(7-11)14(19)18-8-9-2-1-3-10(6-9)15(20)21/h1-7,20-21H,8H2,(H,18,19). The lowest BCUT2D eigenvalue weighted by Crippen LogP contribution is -2.31. The van der Waals surface area contributed by atoms with Gasteiger partial charge in [-0.15, -0.1) is 0 Å². The van der Waals surface area contributed by atoms with Crippen molar-refractivity contribution in [2.45, 2.75) is 6.54 Å². The van der Waals surface area contributed by atoms with Crippen LogP contribution in [-0.4, -0.2) is 23.1 Å². The van der Waals surface area contributed by atoms with E-state index in [0.717, 1.165) is 18.2 Å². The first-order valence-corrected chi connectivity index (χ1v) is 6.15. The number of carbonyl (C=O) groups excluding carboxylic acids is 1. The molecule has 0 bridgehead atoms. The third-order valence-electron chi connectivity index (χ3n) is 2.88. The van der Waals surface area contributed by atoms with Crippen molar-refractivity contribution in [3.63, 3.8) is 0 Å². The topological polar surface area (TPSA) is 69.6 Å². The van der Waals surface area contributed by atoms with E-state index in [1.807, 2.05) is 0 Å². The highest BCUT2D eigenvalue weighted by molar-refractivity contribution is 6.58. The van der Waals surface area contributed by atoms with Crippen LogP contribution in [0.5, 0.6) is 0 Å². The lowest BCUT2D eigenvalue weighted by molar-refractivity contribution is 0.0946. The molecular formula is C14H12BF2NO3. The van der Waals surface area contributed by atoms with Crippen LogP contribution >= 0.6 is 0 Å². The SMILES string of the molecule is O=C(NCc1cccc(B(O)O)c1)c1cc(F)ccc1F. The van der Waals surface area contributed by atoms with Gasteiger partial charge in [0.2, 0.25) is 0 Å². The van der Waals surface area contributed by atoms with Gasteiger partial charge < -0.3 is 15.4 Å². The smallest absolute Gasteiger partial charge is 0.423 e. The summed E-state index contributed by atoms with van der Waals surface area (Å²) in [7, 11) is -1.61. The molecule has 0 aliphatic heterocycles. The third-order valence-corrected chi connectivity index (χ3v) is 2.88. The summed E-state index contributed by atoms with van der Waals surface area (Å²) in [4.78, 5) is 11.8. The van der Waals surface area contributed by atoms with Gasteiger partial charge in [-0.1, -0.05) is 24.3 Å². The van der Waals surface area contributed by atoms with Crippen LogP contribution in [0.1, 0.15) is 15.9 Å². The Bertz CT molecular complexity index is 664. The zero-order valence-corrected chi connectivity index (χ0v) is 10.9. The molecule has 21 heavy (non-hydrogen) atoms. The molecule has 4 nitrogen and oxygen atoms in total. The fraction of sp³-hybridized carbons (Fsp3) is 0.0714. The van der Waals surface area contributed by atoms with Crippen LogP contribution in [0.25, 0.3) is 0 Å². The lowest BCUT2D eigenvalue weighted by Gasteiger charge is -2.08. The van der Waals surface area contributed by atoms with Crippen LogP contribution in [0.15, 0.2) is 42.5 Å². The first-order chi connectivity index (χ1) is 9.97. The molecule has 2 aromatic rings. The van der Waals surface area contributed by atoms with Crippen molar-refractivity contribution in [1.82, 2.24) is 5.32 Å². The molecule has 1 amide bonds. The van der Waals surface area contributed by atoms with E-state index < -0.39 is 24.7 Å². The molecular weight excluding hydrogens is 279 g/mol. The maximum absolute atomic E-state index is 13.4. The second-order valence-corrected chi connectivity index (χ2v) is 4.43. The van der Waals surface area contributed by atoms with Crippen LogP contribution in [0.3, 0.4) is 0 Å². The van der Waals surface area contributed by atoms with Gasteiger partial charge in [-0.05, 0) is 29.2 Å². The van der Waals surface area contributed by atoms with Crippen molar-refractivity contribution in [2.24, 2.45) is 0 Å². The van der Waals surface area contributed by atoms with E-state index in [1.54, 1.807) is 12.1 Å². The molecule has 0 atom stereocenters. The van der Waals surface area contributed by atoms with E-state index in [0.29, 0.717) is 5.56 Å². The van der Waals surface area contributed by atoms with Gasteiger partial charge in [-0.25, -0.2) is 8.78 Å². The van der Waals surface area contributed by atoms with Crippen molar-refractivity contribution in [3.05, 3.63) is 65.2 Å². The van der Waals surface area contributed by atoms with Crippen LogP contribution in [0.4, 0.5) is 8.78 Å². The monoisotopic (exact) mass is 291 g/mol. The van der Waals surface area contributed by atoms with Crippen molar-refractivity contribution in [1.29, 1.82) is 0 Å². The Hall–Kier alpha value is -2.25. The van der Waals surface area contributed by atoms with Gasteiger partial charge >= 0.3 is 7.12 Å². The second kappa shape index (κ2) is 6.47. The fourth-order valence-corrected chi connectivity index (χ4v) is 1.81. The Balaban J connectivity index is 2.07. The highest BCUT2D eigenvalue weighted by atomic mass is 19.1. The number of hydrogen-bond acceptors (Lipinski definition) is 3.